The van der Waals surface area contributed by atoms with Crippen molar-refractivity contribution < 1.29 is 14.0 Å². The molecule has 1 aromatic heterocycles. The van der Waals surface area contributed by atoms with Crippen LogP contribution in [-0.2, 0) is 4.79 Å². The minimum Gasteiger partial charge on any atom is -0.472 e. The van der Waals surface area contributed by atoms with Gasteiger partial charge in [-0.1, -0.05) is 18.2 Å². The van der Waals surface area contributed by atoms with Crippen LogP contribution in [0.5, 0.6) is 0 Å². The Morgan fingerprint density at radius 1 is 1.04 bits per heavy atom. The van der Waals surface area contributed by atoms with Crippen LogP contribution in [0.25, 0.3) is 0 Å². The van der Waals surface area contributed by atoms with Crippen LogP contribution < -0.4 is 10.6 Å². The molecular weight excluding hydrogens is 304 g/mol. The Hall–Kier alpha value is -2.82. The average molecular weight is 322 g/mol. The Bertz CT molecular complexity index is 795. The third kappa shape index (κ3) is 2.85. The standard InChI is InChI=1S/C19H18N2O3/c22-18(14-6-7-24-11-14)20-15-2-1-3-16(10-15)21-19(23)17-9-12-4-5-13(17)8-12/h1-7,10-13,17H,8-9H2,(H,20,22)(H,21,23). The first-order valence-electron chi connectivity index (χ1n) is 8.12. The molecular formula is C19H18N2O3. The summed E-state index contributed by atoms with van der Waals surface area (Å²) in [6, 6.07) is 8.78. The number of allylic oxidation sites excluding steroid dienone is 2. The maximum absolute atomic E-state index is 12.5. The van der Waals surface area contributed by atoms with E-state index in [9.17, 15) is 9.59 Å². The van der Waals surface area contributed by atoms with E-state index in [0.717, 1.165) is 12.8 Å². The number of carbonyl (C=O) groups is 2. The van der Waals surface area contributed by atoms with Gasteiger partial charge in [0.15, 0.2) is 0 Å². The summed E-state index contributed by atoms with van der Waals surface area (Å²) in [5.74, 6) is 0.810. The fourth-order valence-electron chi connectivity index (χ4n) is 3.59. The van der Waals surface area contributed by atoms with E-state index in [-0.39, 0.29) is 17.7 Å². The van der Waals surface area contributed by atoms with E-state index < -0.39 is 0 Å². The number of anilines is 2. The predicted octanol–water partition coefficient (Wildman–Crippen LogP) is 3.68. The van der Waals surface area contributed by atoms with Gasteiger partial charge in [0.2, 0.25) is 5.91 Å². The van der Waals surface area contributed by atoms with Gasteiger partial charge >= 0.3 is 0 Å². The predicted molar refractivity (Wildman–Crippen MR) is 90.6 cm³/mol. The molecule has 2 aliphatic carbocycles. The van der Waals surface area contributed by atoms with Gasteiger partial charge < -0.3 is 15.1 Å². The maximum atomic E-state index is 12.5. The third-order valence-electron chi connectivity index (χ3n) is 4.79. The maximum Gasteiger partial charge on any atom is 0.258 e. The van der Waals surface area contributed by atoms with Gasteiger partial charge in [0.1, 0.15) is 6.26 Å². The number of amides is 2. The fraction of sp³-hybridized carbons (Fsp3) is 0.263. The zero-order valence-corrected chi connectivity index (χ0v) is 13.1. The molecule has 3 unspecified atom stereocenters. The molecule has 1 fully saturated rings. The average Bonchev–Trinajstić information content (AvgIpc) is 3.32. The molecule has 2 N–H and O–H groups in total. The van der Waals surface area contributed by atoms with E-state index in [1.54, 1.807) is 24.3 Å². The lowest BCUT2D eigenvalue weighted by atomic mass is 9.93. The van der Waals surface area contributed by atoms with Gasteiger partial charge in [-0.05, 0) is 48.9 Å². The molecule has 24 heavy (non-hydrogen) atoms. The summed E-state index contributed by atoms with van der Waals surface area (Å²) >= 11 is 0. The molecule has 2 aliphatic rings. The molecule has 2 amide bonds. The highest BCUT2D eigenvalue weighted by molar-refractivity contribution is 6.04. The second kappa shape index (κ2) is 6.00. The Kier molecular flexibility index (Phi) is 3.69. The number of benzene rings is 1. The number of hydrogen-bond acceptors (Lipinski definition) is 3. The van der Waals surface area contributed by atoms with E-state index in [0.29, 0.717) is 28.8 Å². The van der Waals surface area contributed by atoms with Crippen molar-refractivity contribution in [3.8, 4) is 0 Å². The molecule has 2 aromatic rings. The Labute approximate surface area is 139 Å². The van der Waals surface area contributed by atoms with E-state index in [4.69, 9.17) is 4.42 Å². The smallest absolute Gasteiger partial charge is 0.258 e. The Morgan fingerprint density at radius 2 is 1.88 bits per heavy atom. The number of furan rings is 1. The van der Waals surface area contributed by atoms with Crippen LogP contribution in [0, 0.1) is 17.8 Å². The van der Waals surface area contributed by atoms with E-state index in [1.807, 2.05) is 6.07 Å². The number of carbonyl (C=O) groups excluding carboxylic acids is 2. The summed E-state index contributed by atoms with van der Waals surface area (Å²) < 4.78 is 4.91. The molecule has 2 bridgehead atoms. The van der Waals surface area contributed by atoms with Crippen LogP contribution in [-0.4, -0.2) is 11.8 Å². The van der Waals surface area contributed by atoms with Crippen molar-refractivity contribution >= 4 is 23.2 Å². The minimum atomic E-state index is -0.245. The number of rotatable bonds is 4. The SMILES string of the molecule is O=C(Nc1cccc(NC(=O)C2CC3C=CC2C3)c1)c1ccoc1. The first kappa shape index (κ1) is 14.8. The van der Waals surface area contributed by atoms with Crippen molar-refractivity contribution in [1.82, 2.24) is 0 Å². The van der Waals surface area contributed by atoms with E-state index in [1.165, 1.54) is 12.5 Å². The molecule has 122 valence electrons. The molecule has 0 radical (unpaired) electrons. The summed E-state index contributed by atoms with van der Waals surface area (Å²) in [5.41, 5.74) is 1.78. The summed E-state index contributed by atoms with van der Waals surface area (Å²) in [6.45, 7) is 0. The highest BCUT2D eigenvalue weighted by Gasteiger charge is 2.39. The number of nitrogens with one attached hydrogen (secondary N) is 2. The molecule has 5 nitrogen and oxygen atoms in total. The minimum absolute atomic E-state index is 0.0594. The van der Waals surface area contributed by atoms with Gasteiger partial charge in [0, 0.05) is 17.3 Å². The molecule has 5 heteroatoms. The van der Waals surface area contributed by atoms with Crippen LogP contribution in [0.2, 0.25) is 0 Å². The lowest BCUT2D eigenvalue weighted by Crippen LogP contribution is -2.25. The zero-order valence-electron chi connectivity index (χ0n) is 13.1. The molecule has 0 saturated heterocycles. The zero-order chi connectivity index (χ0) is 16.5. The van der Waals surface area contributed by atoms with E-state index >= 15 is 0 Å². The number of fused-ring (bicyclic) bond motifs is 2. The Morgan fingerprint density at radius 3 is 2.54 bits per heavy atom. The molecule has 1 heterocycles. The second-order valence-corrected chi connectivity index (χ2v) is 6.42. The van der Waals surface area contributed by atoms with Gasteiger partial charge in [0.25, 0.3) is 5.91 Å². The van der Waals surface area contributed by atoms with Gasteiger partial charge in [-0.15, -0.1) is 0 Å². The highest BCUT2D eigenvalue weighted by atomic mass is 16.3. The van der Waals surface area contributed by atoms with Gasteiger partial charge in [-0.2, -0.15) is 0 Å². The lowest BCUT2D eigenvalue weighted by molar-refractivity contribution is -0.120. The lowest BCUT2D eigenvalue weighted by Gasteiger charge is -2.17. The highest BCUT2D eigenvalue weighted by Crippen LogP contribution is 2.43. The summed E-state index contributed by atoms with van der Waals surface area (Å²) in [4.78, 5) is 24.5. The van der Waals surface area contributed by atoms with Crippen molar-refractivity contribution in [3.05, 3.63) is 60.6 Å². The largest absolute Gasteiger partial charge is 0.472 e. The third-order valence-corrected chi connectivity index (χ3v) is 4.79. The molecule has 4 rings (SSSR count). The first-order chi connectivity index (χ1) is 11.7. The summed E-state index contributed by atoms with van der Waals surface area (Å²) in [6.07, 6.45) is 9.27. The van der Waals surface area contributed by atoms with Crippen molar-refractivity contribution in [3.63, 3.8) is 0 Å². The first-order valence-corrected chi connectivity index (χ1v) is 8.12. The monoisotopic (exact) mass is 322 g/mol. The fourth-order valence-corrected chi connectivity index (χ4v) is 3.59. The quantitative estimate of drug-likeness (QED) is 0.843. The molecule has 0 aliphatic heterocycles. The number of hydrogen-bond donors (Lipinski definition) is 2. The Balaban J connectivity index is 1.42. The second-order valence-electron chi connectivity index (χ2n) is 6.42. The van der Waals surface area contributed by atoms with Crippen LogP contribution in [0.15, 0.2) is 59.4 Å². The summed E-state index contributed by atoms with van der Waals surface area (Å²) in [7, 11) is 0. The van der Waals surface area contributed by atoms with E-state index in [2.05, 4.69) is 22.8 Å². The topological polar surface area (TPSA) is 71.3 Å². The summed E-state index contributed by atoms with van der Waals surface area (Å²) in [5, 5.41) is 5.77. The van der Waals surface area contributed by atoms with Gasteiger partial charge in [0.05, 0.1) is 11.8 Å². The van der Waals surface area contributed by atoms with Crippen LogP contribution in [0.3, 0.4) is 0 Å². The van der Waals surface area contributed by atoms with Crippen molar-refractivity contribution in [2.45, 2.75) is 12.8 Å². The van der Waals surface area contributed by atoms with Gasteiger partial charge in [-0.25, -0.2) is 0 Å². The van der Waals surface area contributed by atoms with Crippen molar-refractivity contribution in [2.75, 3.05) is 10.6 Å². The molecule has 1 aromatic carbocycles. The molecule has 3 atom stereocenters. The van der Waals surface area contributed by atoms with Crippen molar-refractivity contribution in [1.29, 1.82) is 0 Å². The normalized spacial score (nSPS) is 24.1. The van der Waals surface area contributed by atoms with Crippen LogP contribution in [0.4, 0.5) is 11.4 Å². The van der Waals surface area contributed by atoms with Gasteiger partial charge in [-0.3, -0.25) is 9.59 Å². The van der Waals surface area contributed by atoms with Crippen LogP contribution >= 0.6 is 0 Å². The van der Waals surface area contributed by atoms with Crippen LogP contribution in [0.1, 0.15) is 23.2 Å². The molecule has 1 saturated carbocycles. The molecule has 0 spiro atoms. The van der Waals surface area contributed by atoms with Crippen molar-refractivity contribution in [2.24, 2.45) is 17.8 Å².